The molecule has 2 aromatic carbocycles. The van der Waals surface area contributed by atoms with Crippen LogP contribution in [0.15, 0.2) is 65.8 Å². The van der Waals surface area contributed by atoms with Crippen molar-refractivity contribution in [2.45, 2.75) is 66.7 Å². The number of aliphatic imine (C=N–C) groups is 1. The second-order valence-electron chi connectivity index (χ2n) is 12.9. The Kier molecular flexibility index (Phi) is 8.74. The van der Waals surface area contributed by atoms with Crippen molar-refractivity contribution < 1.29 is 14.4 Å². The van der Waals surface area contributed by atoms with Gasteiger partial charge < -0.3 is 20.6 Å². The van der Waals surface area contributed by atoms with E-state index in [2.05, 4.69) is 28.0 Å². The highest BCUT2D eigenvalue weighted by Crippen LogP contribution is 2.31. The molecule has 14 heteroatoms. The SMILES string of the molecule is CCC1=NC(C)C=C1c1ncc2c3cc(C(N)=O)ccc3n(C/C=C/Cn3c(NC(=O)c4cc(C)nn4CC)nc4cc(C(N)=O)cc(C)c43)c2n1. The summed E-state index contributed by atoms with van der Waals surface area (Å²) >= 11 is 0. The van der Waals surface area contributed by atoms with Crippen LogP contribution in [0.5, 0.6) is 0 Å². The third-order valence-electron chi connectivity index (χ3n) is 9.26. The van der Waals surface area contributed by atoms with Crippen molar-refractivity contribution in [3.63, 3.8) is 0 Å². The van der Waals surface area contributed by atoms with Gasteiger partial charge in [0.15, 0.2) is 5.82 Å². The van der Waals surface area contributed by atoms with Crippen LogP contribution >= 0.6 is 0 Å². The van der Waals surface area contributed by atoms with Crippen LogP contribution < -0.4 is 16.8 Å². The fourth-order valence-electron chi connectivity index (χ4n) is 6.90. The van der Waals surface area contributed by atoms with Crippen molar-refractivity contribution in [3.05, 3.63) is 94.7 Å². The summed E-state index contributed by atoms with van der Waals surface area (Å²) in [5, 5.41) is 8.99. The predicted molar refractivity (Wildman–Crippen MR) is 201 cm³/mol. The zero-order valence-electron chi connectivity index (χ0n) is 29.6. The first-order chi connectivity index (χ1) is 25.0. The number of anilines is 1. The number of hydrogen-bond donors (Lipinski definition) is 3. The molecule has 1 unspecified atom stereocenters. The van der Waals surface area contributed by atoms with E-state index < -0.39 is 11.8 Å². The zero-order chi connectivity index (χ0) is 36.8. The number of carbonyl (C=O) groups is 3. The number of aromatic nitrogens is 7. The molecule has 0 bridgehead atoms. The van der Waals surface area contributed by atoms with Crippen molar-refractivity contribution >= 4 is 67.9 Å². The van der Waals surface area contributed by atoms with E-state index in [1.165, 1.54) is 0 Å². The molecule has 1 aliphatic heterocycles. The Morgan fingerprint density at radius 1 is 0.923 bits per heavy atom. The fraction of sp³-hybridized carbons (Fsp3) is 0.263. The van der Waals surface area contributed by atoms with Crippen LogP contribution in [0.25, 0.3) is 38.5 Å². The quantitative estimate of drug-likeness (QED) is 0.157. The summed E-state index contributed by atoms with van der Waals surface area (Å²) in [5.74, 6) is -0.523. The number of amides is 3. The minimum Gasteiger partial charge on any atom is -0.366 e. The van der Waals surface area contributed by atoms with Gasteiger partial charge >= 0.3 is 0 Å². The van der Waals surface area contributed by atoms with E-state index in [1.807, 2.05) is 50.5 Å². The number of benzene rings is 2. The maximum Gasteiger partial charge on any atom is 0.276 e. The van der Waals surface area contributed by atoms with Gasteiger partial charge in [0.05, 0.1) is 28.3 Å². The van der Waals surface area contributed by atoms with Gasteiger partial charge in [-0.25, -0.2) is 15.0 Å². The molecule has 264 valence electrons. The van der Waals surface area contributed by atoms with Gasteiger partial charge in [-0.15, -0.1) is 0 Å². The Morgan fingerprint density at radius 3 is 2.38 bits per heavy atom. The van der Waals surface area contributed by atoms with Crippen LogP contribution in [0.1, 0.15) is 75.5 Å². The summed E-state index contributed by atoms with van der Waals surface area (Å²) in [6.07, 6.45) is 8.64. The van der Waals surface area contributed by atoms with Crippen LogP contribution in [-0.4, -0.2) is 63.3 Å². The molecule has 5 N–H and O–H groups in total. The van der Waals surface area contributed by atoms with E-state index in [4.69, 9.17) is 31.4 Å². The Morgan fingerprint density at radius 2 is 1.67 bits per heavy atom. The molecule has 0 fully saturated rings. The normalized spacial score (nSPS) is 14.5. The van der Waals surface area contributed by atoms with E-state index in [1.54, 1.807) is 41.2 Å². The summed E-state index contributed by atoms with van der Waals surface area (Å²) in [5.41, 5.74) is 18.7. The lowest BCUT2D eigenvalue weighted by molar-refractivity contribution is 0.0992. The maximum atomic E-state index is 13.5. The van der Waals surface area contributed by atoms with Gasteiger partial charge in [0.2, 0.25) is 17.8 Å². The number of aryl methyl sites for hydroxylation is 3. The molecule has 1 aliphatic rings. The monoisotopic (exact) mass is 697 g/mol. The third kappa shape index (κ3) is 6.01. The van der Waals surface area contributed by atoms with E-state index in [0.29, 0.717) is 59.4 Å². The predicted octanol–water partition coefficient (Wildman–Crippen LogP) is 5.11. The zero-order valence-corrected chi connectivity index (χ0v) is 29.6. The summed E-state index contributed by atoms with van der Waals surface area (Å²) in [6, 6.07) is 10.5. The largest absolute Gasteiger partial charge is 0.366 e. The highest BCUT2D eigenvalue weighted by Gasteiger charge is 2.22. The van der Waals surface area contributed by atoms with Gasteiger partial charge in [0.1, 0.15) is 11.3 Å². The molecule has 0 saturated carbocycles. The topological polar surface area (TPSA) is 194 Å². The molecule has 7 rings (SSSR count). The molecular formula is C38H39N11O3. The number of allylic oxidation sites excluding steroid dienone is 3. The molecule has 3 amide bonds. The molecule has 0 radical (unpaired) electrons. The second kappa shape index (κ2) is 13.4. The number of rotatable bonds is 11. The highest BCUT2D eigenvalue weighted by molar-refractivity contribution is 6.24. The average molecular weight is 698 g/mol. The number of hydrogen-bond acceptors (Lipinski definition) is 8. The number of nitrogens with one attached hydrogen (secondary N) is 1. The van der Waals surface area contributed by atoms with Gasteiger partial charge in [0, 0.05) is 59.0 Å². The van der Waals surface area contributed by atoms with Crippen LogP contribution in [0.3, 0.4) is 0 Å². The lowest BCUT2D eigenvalue weighted by atomic mass is 10.1. The Balaban J connectivity index is 1.27. The Bertz CT molecular complexity index is 2550. The molecular weight excluding hydrogens is 658 g/mol. The molecule has 5 heterocycles. The minimum atomic E-state index is -0.564. The van der Waals surface area contributed by atoms with Crippen LogP contribution in [0.2, 0.25) is 0 Å². The fourth-order valence-corrected chi connectivity index (χ4v) is 6.90. The van der Waals surface area contributed by atoms with Gasteiger partial charge in [0.25, 0.3) is 5.91 Å². The third-order valence-corrected chi connectivity index (χ3v) is 9.26. The summed E-state index contributed by atoms with van der Waals surface area (Å²) in [4.78, 5) is 56.9. The number of carbonyl (C=O) groups excluding carboxylic acids is 3. The summed E-state index contributed by atoms with van der Waals surface area (Å²) in [6.45, 7) is 11.0. The van der Waals surface area contributed by atoms with E-state index in [-0.39, 0.29) is 11.9 Å². The van der Waals surface area contributed by atoms with Gasteiger partial charge in [-0.05, 0) is 82.2 Å². The molecule has 1 atom stereocenters. The van der Waals surface area contributed by atoms with E-state index >= 15 is 0 Å². The molecule has 4 aromatic heterocycles. The minimum absolute atomic E-state index is 0.0500. The molecule has 0 aliphatic carbocycles. The number of imidazole rings is 1. The first-order valence-electron chi connectivity index (χ1n) is 17.2. The van der Waals surface area contributed by atoms with Crippen LogP contribution in [-0.2, 0) is 19.6 Å². The number of fused-ring (bicyclic) bond motifs is 4. The standard InChI is InChI=1S/C38H39N11O3/c1-6-28-26(15-21(4)42-28)35-41-19-27-25-17-23(33(39)50)10-11-30(25)47(36(27)44-35)12-8-9-13-48-32-20(3)14-24(34(40)51)18-29(32)43-38(48)45-37(52)31-16-22(5)46-49(31)7-2/h8-11,14-19,21H,6-7,12-13H2,1-5H3,(H2,39,50)(H2,40,51)(H,43,45,52)/b9-8+. The molecule has 6 aromatic rings. The highest BCUT2D eigenvalue weighted by atomic mass is 16.2. The van der Waals surface area contributed by atoms with Crippen LogP contribution in [0, 0.1) is 13.8 Å². The lowest BCUT2D eigenvalue weighted by Crippen LogP contribution is -2.20. The summed E-state index contributed by atoms with van der Waals surface area (Å²) in [7, 11) is 0. The first-order valence-corrected chi connectivity index (χ1v) is 17.2. The molecule has 14 nitrogen and oxygen atoms in total. The van der Waals surface area contributed by atoms with Gasteiger partial charge in [-0.1, -0.05) is 19.1 Å². The first kappa shape index (κ1) is 34.0. The molecule has 0 saturated heterocycles. The number of primary amides is 2. The summed E-state index contributed by atoms with van der Waals surface area (Å²) < 4.78 is 5.61. The Hall–Kier alpha value is -6.44. The van der Waals surface area contributed by atoms with Crippen molar-refractivity contribution in [2.24, 2.45) is 16.5 Å². The Labute approximate surface area is 298 Å². The average Bonchev–Trinajstić information content (AvgIpc) is 3.87. The lowest BCUT2D eigenvalue weighted by Gasteiger charge is -2.10. The second-order valence-corrected chi connectivity index (χ2v) is 12.9. The number of nitrogens with two attached hydrogens (primary N) is 2. The van der Waals surface area contributed by atoms with Gasteiger partial charge in [-0.3, -0.25) is 29.4 Å². The maximum absolute atomic E-state index is 13.5. The molecule has 52 heavy (non-hydrogen) atoms. The number of nitrogens with zero attached hydrogens (tertiary/aromatic N) is 8. The van der Waals surface area contributed by atoms with Crippen molar-refractivity contribution in [2.75, 3.05) is 5.32 Å². The van der Waals surface area contributed by atoms with Crippen molar-refractivity contribution in [1.29, 1.82) is 0 Å². The molecule has 0 spiro atoms. The van der Waals surface area contributed by atoms with Crippen molar-refractivity contribution in [3.8, 4) is 0 Å². The van der Waals surface area contributed by atoms with Crippen LogP contribution in [0.4, 0.5) is 5.95 Å². The van der Waals surface area contributed by atoms with Crippen molar-refractivity contribution in [1.82, 2.24) is 33.9 Å². The smallest absolute Gasteiger partial charge is 0.276 e. The van der Waals surface area contributed by atoms with E-state index in [9.17, 15) is 14.4 Å². The van der Waals surface area contributed by atoms with Gasteiger partial charge in [-0.2, -0.15) is 5.10 Å². The van der Waals surface area contributed by atoms with E-state index in [0.717, 1.165) is 50.8 Å².